The third-order valence-corrected chi connectivity index (χ3v) is 1.58. The topological polar surface area (TPSA) is 20.9 Å². The number of aryl methyl sites for hydroxylation is 1. The van der Waals surface area contributed by atoms with Crippen LogP contribution in [0.3, 0.4) is 0 Å². The van der Waals surface area contributed by atoms with Crippen molar-refractivity contribution in [2.75, 3.05) is 0 Å². The average molecular weight is 289 g/mol. The molecule has 70 valence electrons. The van der Waals surface area contributed by atoms with Crippen molar-refractivity contribution in [3.8, 4) is 0 Å². The van der Waals surface area contributed by atoms with E-state index in [9.17, 15) is 4.79 Å². The molecule has 0 bridgehead atoms. The summed E-state index contributed by atoms with van der Waals surface area (Å²) in [5.74, 6) is 0.0684. The number of nitrogens with zero attached hydrogens (tertiary/aromatic N) is 1. The Labute approximate surface area is 95.3 Å². The number of halogens is 1. The molecule has 0 spiro atoms. The molecule has 1 aromatic heterocycles. The quantitative estimate of drug-likeness (QED) is 0.355. The predicted molar refractivity (Wildman–Crippen MR) is 47.3 cm³/mol. The molecule has 2 nitrogen and oxygen atoms in total. The van der Waals surface area contributed by atoms with Crippen LogP contribution < -0.4 is 28.5 Å². The molecule has 0 amide bonds. The molecule has 1 heterocycles. The van der Waals surface area contributed by atoms with Crippen LogP contribution >= 0.6 is 0 Å². The third-order valence-electron chi connectivity index (χ3n) is 1.58. The summed E-state index contributed by atoms with van der Waals surface area (Å²) in [5.41, 5.74) is 1.02. The van der Waals surface area contributed by atoms with E-state index >= 15 is 0 Å². The number of aromatic nitrogens is 1. The van der Waals surface area contributed by atoms with Gasteiger partial charge in [0.05, 0.1) is 0 Å². The summed E-state index contributed by atoms with van der Waals surface area (Å²) in [4.78, 5) is 10.6. The average Bonchev–Trinajstić information content (AvgIpc) is 2.03. The molecule has 0 saturated carbocycles. The number of pyridine rings is 1. The molecule has 1 rings (SSSR count). The summed E-state index contributed by atoms with van der Waals surface area (Å²) in [7, 11) is 1.94. The zero-order valence-electron chi connectivity index (χ0n) is 7.70. The fourth-order valence-corrected chi connectivity index (χ4v) is 0.912. The number of ketones is 1. The van der Waals surface area contributed by atoms with Crippen molar-refractivity contribution in [2.45, 2.75) is 6.92 Å². The third kappa shape index (κ3) is 4.17. The molecule has 0 aliphatic heterocycles. The molecule has 3 heteroatoms. The maximum Gasteiger partial charge on any atom is 0.205 e. The minimum atomic E-state index is 0. The van der Waals surface area contributed by atoms with E-state index in [1.54, 1.807) is 13.0 Å². The first-order chi connectivity index (χ1) is 5.70. The summed E-state index contributed by atoms with van der Waals surface area (Å²) in [6.45, 7) is 1.54. The Morgan fingerprint density at radius 3 is 2.69 bits per heavy atom. The molecule has 0 N–H and O–H groups in total. The highest BCUT2D eigenvalue weighted by molar-refractivity contribution is 5.91. The second kappa shape index (κ2) is 5.85. The van der Waals surface area contributed by atoms with Gasteiger partial charge in [-0.1, -0.05) is 0 Å². The number of hydrogen-bond donors (Lipinski definition) is 0. The van der Waals surface area contributed by atoms with Gasteiger partial charge >= 0.3 is 0 Å². The lowest BCUT2D eigenvalue weighted by molar-refractivity contribution is -0.673. The van der Waals surface area contributed by atoms with Crippen LogP contribution in [0.2, 0.25) is 0 Å². The fourth-order valence-electron chi connectivity index (χ4n) is 0.912. The highest BCUT2D eigenvalue weighted by atomic mass is 127. The van der Waals surface area contributed by atoms with Crippen molar-refractivity contribution in [2.24, 2.45) is 7.05 Å². The molecule has 0 aliphatic carbocycles. The van der Waals surface area contributed by atoms with Crippen LogP contribution in [-0.2, 0) is 11.8 Å². The number of hydrogen-bond acceptors (Lipinski definition) is 1. The molecule has 0 fully saturated rings. The van der Waals surface area contributed by atoms with E-state index in [-0.39, 0.29) is 29.8 Å². The number of carbonyl (C=O) groups is 1. The highest BCUT2D eigenvalue weighted by Crippen LogP contribution is 1.93. The normalized spacial score (nSPS) is 9.69. The summed E-state index contributed by atoms with van der Waals surface area (Å²) in [6.07, 6.45) is 5.32. The van der Waals surface area contributed by atoms with Gasteiger partial charge in [-0.2, -0.15) is 0 Å². The van der Waals surface area contributed by atoms with Crippen LogP contribution in [0.4, 0.5) is 0 Å². The second-order valence-electron chi connectivity index (χ2n) is 2.68. The number of carbonyl (C=O) groups excluding carboxylic acids is 1. The van der Waals surface area contributed by atoms with E-state index in [1.807, 2.05) is 42.1 Å². The predicted octanol–water partition coefficient (Wildman–Crippen LogP) is -1.88. The zero-order valence-corrected chi connectivity index (χ0v) is 9.86. The molecule has 0 radical (unpaired) electrons. The van der Waals surface area contributed by atoms with Gasteiger partial charge < -0.3 is 24.0 Å². The standard InChI is InChI=1S/C10H12NO.HI/c1-9(12)6-7-10-5-3-4-8-11(10)2;/h3-8H,1-2H3;1H/q+1;/p-1/b7-6-;. The maximum absolute atomic E-state index is 10.6. The molecule has 13 heavy (non-hydrogen) atoms. The minimum Gasteiger partial charge on any atom is -1.00 e. The largest absolute Gasteiger partial charge is 1.00 e. The molecular formula is C10H12INO. The van der Waals surface area contributed by atoms with Crippen LogP contribution in [0, 0.1) is 0 Å². The summed E-state index contributed by atoms with van der Waals surface area (Å²) in [6, 6.07) is 5.85. The first-order valence-corrected chi connectivity index (χ1v) is 3.83. The highest BCUT2D eigenvalue weighted by Gasteiger charge is 1.98. The molecule has 1 aromatic rings. The number of allylic oxidation sites excluding steroid dienone is 1. The summed E-state index contributed by atoms with van der Waals surface area (Å²) >= 11 is 0. The Bertz CT molecular complexity index is 320. The van der Waals surface area contributed by atoms with Crippen LogP contribution in [0.25, 0.3) is 6.08 Å². The van der Waals surface area contributed by atoms with E-state index in [0.29, 0.717) is 0 Å². The van der Waals surface area contributed by atoms with Crippen molar-refractivity contribution in [1.82, 2.24) is 0 Å². The Balaban J connectivity index is 0.00000144. The number of rotatable bonds is 2. The smallest absolute Gasteiger partial charge is 0.205 e. The molecule has 0 atom stereocenters. The van der Waals surface area contributed by atoms with E-state index in [0.717, 1.165) is 5.69 Å². The van der Waals surface area contributed by atoms with Gasteiger partial charge in [0, 0.05) is 18.2 Å². The van der Waals surface area contributed by atoms with Crippen LogP contribution in [-0.4, -0.2) is 5.78 Å². The van der Waals surface area contributed by atoms with Gasteiger partial charge in [0.1, 0.15) is 7.05 Å². The van der Waals surface area contributed by atoms with Crippen LogP contribution in [0.15, 0.2) is 30.5 Å². The van der Waals surface area contributed by atoms with Gasteiger partial charge in [-0.25, -0.2) is 4.57 Å². The Hall–Kier alpha value is -0.710. The Morgan fingerprint density at radius 2 is 2.15 bits per heavy atom. The van der Waals surface area contributed by atoms with Crippen molar-refractivity contribution in [3.05, 3.63) is 36.2 Å². The maximum atomic E-state index is 10.6. The van der Waals surface area contributed by atoms with Crippen molar-refractivity contribution < 1.29 is 33.3 Å². The fraction of sp³-hybridized carbons (Fsp3) is 0.200. The van der Waals surface area contributed by atoms with Crippen molar-refractivity contribution >= 4 is 11.9 Å². The van der Waals surface area contributed by atoms with E-state index in [1.165, 1.54) is 0 Å². The van der Waals surface area contributed by atoms with E-state index in [4.69, 9.17) is 0 Å². The lowest BCUT2D eigenvalue weighted by atomic mass is 10.3. The van der Waals surface area contributed by atoms with E-state index in [2.05, 4.69) is 0 Å². The van der Waals surface area contributed by atoms with Gasteiger partial charge in [0.25, 0.3) is 0 Å². The lowest BCUT2D eigenvalue weighted by Gasteiger charge is -1.90. The second-order valence-corrected chi connectivity index (χ2v) is 2.68. The molecular weight excluding hydrogens is 277 g/mol. The Kier molecular flexibility index (Phi) is 5.53. The van der Waals surface area contributed by atoms with Gasteiger partial charge in [-0.05, 0) is 19.1 Å². The van der Waals surface area contributed by atoms with E-state index < -0.39 is 0 Å². The van der Waals surface area contributed by atoms with Crippen LogP contribution in [0.5, 0.6) is 0 Å². The summed E-state index contributed by atoms with van der Waals surface area (Å²) < 4.78 is 1.96. The SMILES string of the molecule is CC(=O)/C=C\c1cccc[n+]1C.[I-]. The van der Waals surface area contributed by atoms with Gasteiger partial charge in [-0.3, -0.25) is 4.79 Å². The first kappa shape index (κ1) is 12.3. The molecule has 0 unspecified atom stereocenters. The van der Waals surface area contributed by atoms with Crippen molar-refractivity contribution in [1.29, 1.82) is 0 Å². The molecule has 0 aromatic carbocycles. The van der Waals surface area contributed by atoms with Gasteiger partial charge in [0.2, 0.25) is 5.69 Å². The van der Waals surface area contributed by atoms with Crippen LogP contribution in [0.1, 0.15) is 12.6 Å². The molecule has 0 saturated heterocycles. The van der Waals surface area contributed by atoms with Gasteiger partial charge in [-0.15, -0.1) is 0 Å². The molecule has 0 aliphatic rings. The minimum absolute atomic E-state index is 0. The Morgan fingerprint density at radius 1 is 1.46 bits per heavy atom. The van der Waals surface area contributed by atoms with Crippen molar-refractivity contribution in [3.63, 3.8) is 0 Å². The zero-order chi connectivity index (χ0) is 8.97. The van der Waals surface area contributed by atoms with Gasteiger partial charge in [0.15, 0.2) is 12.0 Å². The lowest BCUT2D eigenvalue weighted by Crippen LogP contribution is -3.00. The monoisotopic (exact) mass is 289 g/mol. The first-order valence-electron chi connectivity index (χ1n) is 3.83. The summed E-state index contributed by atoms with van der Waals surface area (Å²) in [5, 5.41) is 0.